The van der Waals surface area contributed by atoms with E-state index in [1.54, 1.807) is 17.8 Å². The third-order valence-electron chi connectivity index (χ3n) is 13.1. The fourth-order valence-electron chi connectivity index (χ4n) is 11.1. The number of aliphatic imine (C=N–C) groups is 1. The molecule has 2 N–H and O–H groups in total. The molecule has 0 aromatic carbocycles. The lowest BCUT2D eigenvalue weighted by Gasteiger charge is -2.66. The Hall–Kier alpha value is -0.970. The first-order chi connectivity index (χ1) is 19.0. The Morgan fingerprint density at radius 1 is 1.02 bits per heavy atom. The Bertz CT molecular complexity index is 1180. The van der Waals surface area contributed by atoms with Crippen molar-refractivity contribution in [3.63, 3.8) is 0 Å². The highest BCUT2D eigenvalue weighted by molar-refractivity contribution is 8.01. The minimum absolute atomic E-state index is 0.0143. The zero-order valence-corrected chi connectivity index (χ0v) is 24.7. The van der Waals surface area contributed by atoms with Crippen LogP contribution < -0.4 is 0 Å². The summed E-state index contributed by atoms with van der Waals surface area (Å²) in [5.41, 5.74) is 0.0572. The van der Waals surface area contributed by atoms with Crippen LogP contribution in [-0.4, -0.2) is 75.6 Å². The van der Waals surface area contributed by atoms with Crippen molar-refractivity contribution in [3.05, 3.63) is 11.6 Å². The van der Waals surface area contributed by atoms with Gasteiger partial charge in [0.15, 0.2) is 4.87 Å². The van der Waals surface area contributed by atoms with Gasteiger partial charge in [-0.05, 0) is 93.0 Å². The van der Waals surface area contributed by atoms with E-state index in [2.05, 4.69) is 13.8 Å². The normalized spacial score (nSPS) is 58.4. The molecule has 0 radical (unpaired) electrons. The van der Waals surface area contributed by atoms with Gasteiger partial charge in [-0.3, -0.25) is 4.99 Å². The highest BCUT2D eigenvalue weighted by Crippen LogP contribution is 2.70. The van der Waals surface area contributed by atoms with Crippen molar-refractivity contribution < 1.29 is 34.0 Å². The van der Waals surface area contributed by atoms with Gasteiger partial charge in [-0.2, -0.15) is 0 Å². The predicted molar refractivity (Wildman–Crippen MR) is 148 cm³/mol. The molecular weight excluding hydrogens is 530 g/mol. The van der Waals surface area contributed by atoms with Crippen LogP contribution in [0.3, 0.4) is 0 Å². The SMILES string of the molecule is C[C@@H]1C[C@@]2(N=CCS2)[C@]2(O)O[C@@H]3C[C@@]4(C)C(CC[C@@H]5[C@@H]4CC[C@]4(C)[C@@H](C6=CC(=O)OC6)CC[C@]54O)C[C@H]3O[C@@H]2O1. The summed E-state index contributed by atoms with van der Waals surface area (Å²) in [7, 11) is 0. The number of fused-ring (bicyclic) bond motifs is 8. The van der Waals surface area contributed by atoms with Crippen LogP contribution in [0, 0.1) is 34.5 Å². The number of cyclic esters (lactones) is 1. The number of rotatable bonds is 1. The summed E-state index contributed by atoms with van der Waals surface area (Å²) >= 11 is 1.63. The van der Waals surface area contributed by atoms with Crippen LogP contribution in [0.25, 0.3) is 0 Å². The Morgan fingerprint density at radius 2 is 1.88 bits per heavy atom. The topological polar surface area (TPSA) is 107 Å². The van der Waals surface area contributed by atoms with Gasteiger partial charge in [-0.15, -0.1) is 11.8 Å². The first kappa shape index (κ1) is 26.6. The molecule has 6 fully saturated rings. The number of ether oxygens (including phenoxy) is 4. The van der Waals surface area contributed by atoms with Crippen LogP contribution in [0.4, 0.5) is 0 Å². The van der Waals surface area contributed by atoms with Crippen LogP contribution in [0.15, 0.2) is 16.6 Å². The summed E-state index contributed by atoms with van der Waals surface area (Å²) in [6, 6.07) is 0. The lowest BCUT2D eigenvalue weighted by atomic mass is 9.43. The molecule has 0 amide bonds. The molecule has 1 spiro atoms. The highest BCUT2D eigenvalue weighted by atomic mass is 32.2. The van der Waals surface area contributed by atoms with E-state index in [1.807, 2.05) is 13.1 Å². The molecule has 13 atom stereocenters. The second-order valence-corrected chi connectivity index (χ2v) is 15.9. The average Bonchev–Trinajstić information content (AvgIpc) is 3.61. The standard InChI is InChI=1S/C31H43NO7S/c1-17-14-30(32-10-11-40-30)31(35)26(37-17)38-23-13-19-4-5-22-21(27(19,2)15-24(23)39-31)6-8-28(3)20(7-9-29(22,28)34)18-12-25(33)36-16-18/h10,12,17,19-24,26,34-35H,4-9,11,13-16H2,1-3H3/t17-,19?,20-,21+,22-,23-,24-,26+,27+,28-,29+,30+,31-/m1/s1. The van der Waals surface area contributed by atoms with E-state index in [-0.39, 0.29) is 46.9 Å². The van der Waals surface area contributed by atoms with E-state index >= 15 is 0 Å². The molecule has 1 unspecified atom stereocenters. The van der Waals surface area contributed by atoms with Crippen molar-refractivity contribution in [1.82, 2.24) is 0 Å². The maximum Gasteiger partial charge on any atom is 0.331 e. The monoisotopic (exact) mass is 573 g/mol. The fraction of sp³-hybridized carbons (Fsp3) is 0.871. The van der Waals surface area contributed by atoms with E-state index in [4.69, 9.17) is 23.9 Å². The molecular formula is C31H43NO7S. The maximum atomic E-state index is 12.6. The van der Waals surface area contributed by atoms with Crippen LogP contribution in [0.5, 0.6) is 0 Å². The zero-order chi connectivity index (χ0) is 27.7. The van der Waals surface area contributed by atoms with Crippen LogP contribution >= 0.6 is 11.8 Å². The number of nitrogens with zero attached hydrogens (tertiary/aromatic N) is 1. The van der Waals surface area contributed by atoms with Gasteiger partial charge in [0, 0.05) is 29.9 Å². The molecule has 0 bridgehead atoms. The summed E-state index contributed by atoms with van der Waals surface area (Å²) in [6.45, 7) is 7.09. The zero-order valence-electron chi connectivity index (χ0n) is 23.8. The van der Waals surface area contributed by atoms with E-state index < -0.39 is 22.5 Å². The average molecular weight is 574 g/mol. The van der Waals surface area contributed by atoms with Crippen LogP contribution in [0.2, 0.25) is 0 Å². The third-order valence-corrected chi connectivity index (χ3v) is 14.4. The van der Waals surface area contributed by atoms with Gasteiger partial charge in [-0.25, -0.2) is 4.79 Å². The van der Waals surface area contributed by atoms with Gasteiger partial charge in [-0.1, -0.05) is 13.8 Å². The van der Waals surface area contributed by atoms with Crippen LogP contribution in [0.1, 0.15) is 78.6 Å². The molecule has 220 valence electrons. The van der Waals surface area contributed by atoms with Crippen molar-refractivity contribution >= 4 is 23.9 Å². The quantitative estimate of drug-likeness (QED) is 0.359. The van der Waals surface area contributed by atoms with Gasteiger partial charge < -0.3 is 29.2 Å². The molecule has 4 aliphatic heterocycles. The van der Waals surface area contributed by atoms with Crippen molar-refractivity contribution in [2.24, 2.45) is 39.5 Å². The Kier molecular flexibility index (Phi) is 5.70. The second kappa shape index (κ2) is 8.56. The maximum absolute atomic E-state index is 12.6. The largest absolute Gasteiger partial charge is 0.458 e. The summed E-state index contributed by atoms with van der Waals surface area (Å²) in [5.74, 6) is 0.158. The van der Waals surface area contributed by atoms with Crippen molar-refractivity contribution in [2.75, 3.05) is 12.4 Å². The second-order valence-electron chi connectivity index (χ2n) is 14.6. The van der Waals surface area contributed by atoms with Crippen molar-refractivity contribution in [2.45, 2.75) is 119 Å². The molecule has 0 aromatic rings. The van der Waals surface area contributed by atoms with Gasteiger partial charge >= 0.3 is 5.97 Å². The number of hydrogen-bond acceptors (Lipinski definition) is 9. The minimum atomic E-state index is -1.62. The number of carbonyl (C=O) groups is 1. The van der Waals surface area contributed by atoms with Gasteiger partial charge in [0.2, 0.25) is 6.29 Å². The summed E-state index contributed by atoms with van der Waals surface area (Å²) in [4.78, 5) is 15.9. The smallest absolute Gasteiger partial charge is 0.331 e. The Labute approximate surface area is 240 Å². The summed E-state index contributed by atoms with van der Waals surface area (Å²) in [6.07, 6.45) is 10.4. The summed E-state index contributed by atoms with van der Waals surface area (Å²) < 4.78 is 24.8. The molecule has 8 nitrogen and oxygen atoms in total. The molecule has 4 heterocycles. The van der Waals surface area contributed by atoms with Crippen molar-refractivity contribution in [3.8, 4) is 0 Å². The number of carbonyl (C=O) groups excluding carboxylic acids is 1. The first-order valence-electron chi connectivity index (χ1n) is 15.5. The number of esters is 1. The fourth-order valence-corrected chi connectivity index (χ4v) is 12.4. The van der Waals surface area contributed by atoms with E-state index in [1.165, 1.54) is 0 Å². The lowest BCUT2D eigenvalue weighted by Crippen LogP contribution is -2.73. The van der Waals surface area contributed by atoms with Crippen LogP contribution in [-0.2, 0) is 23.7 Å². The van der Waals surface area contributed by atoms with E-state index in [0.29, 0.717) is 24.9 Å². The molecule has 8 rings (SSSR count). The molecule has 4 saturated carbocycles. The number of hydrogen-bond donors (Lipinski definition) is 2. The number of aliphatic hydroxyl groups is 2. The molecule has 8 aliphatic rings. The Balaban J connectivity index is 1.08. The van der Waals surface area contributed by atoms with Gasteiger partial charge in [0.25, 0.3) is 5.79 Å². The first-order valence-corrected chi connectivity index (χ1v) is 16.5. The minimum Gasteiger partial charge on any atom is -0.458 e. The van der Waals surface area contributed by atoms with Crippen molar-refractivity contribution in [1.29, 1.82) is 0 Å². The van der Waals surface area contributed by atoms with E-state index in [9.17, 15) is 15.0 Å². The van der Waals surface area contributed by atoms with Gasteiger partial charge in [0.1, 0.15) is 6.61 Å². The highest BCUT2D eigenvalue weighted by Gasteiger charge is 2.71. The molecule has 9 heteroatoms. The summed E-state index contributed by atoms with van der Waals surface area (Å²) in [5, 5.41) is 24.6. The molecule has 40 heavy (non-hydrogen) atoms. The predicted octanol–water partition coefficient (Wildman–Crippen LogP) is 3.97. The molecule has 2 saturated heterocycles. The Morgan fingerprint density at radius 3 is 2.62 bits per heavy atom. The third kappa shape index (κ3) is 3.28. The van der Waals surface area contributed by atoms with Gasteiger partial charge in [0.05, 0.1) is 23.9 Å². The molecule has 4 aliphatic carbocycles. The molecule has 0 aromatic heterocycles. The van der Waals surface area contributed by atoms with E-state index in [0.717, 1.165) is 62.7 Å². The lowest BCUT2D eigenvalue weighted by molar-refractivity contribution is -0.446. The number of thioether (sulfide) groups is 1.